The molecule has 0 bridgehead atoms. The first-order chi connectivity index (χ1) is 16.6. The molecule has 34 heavy (non-hydrogen) atoms. The molecule has 0 aliphatic carbocycles. The zero-order chi connectivity index (χ0) is 23.2. The van der Waals surface area contributed by atoms with Gasteiger partial charge in [-0.05, 0) is 30.2 Å². The molecule has 2 fully saturated rings. The zero-order valence-corrected chi connectivity index (χ0v) is 18.7. The average molecular weight is 456 g/mol. The fourth-order valence-corrected chi connectivity index (χ4v) is 5.34. The molecule has 3 aliphatic heterocycles. The number of hydrogen-bond donors (Lipinski definition) is 1. The highest BCUT2D eigenvalue weighted by molar-refractivity contribution is 6.27. The largest absolute Gasteiger partial charge is 0.367 e. The van der Waals surface area contributed by atoms with Crippen LogP contribution in [-0.4, -0.2) is 59.8 Å². The van der Waals surface area contributed by atoms with Crippen LogP contribution in [0.25, 0.3) is 10.9 Å². The number of imide groups is 1. The van der Waals surface area contributed by atoms with Gasteiger partial charge in [-0.25, -0.2) is 0 Å². The van der Waals surface area contributed by atoms with E-state index in [0.717, 1.165) is 49.3 Å². The summed E-state index contributed by atoms with van der Waals surface area (Å²) in [6.07, 6.45) is 2.25. The lowest BCUT2D eigenvalue weighted by molar-refractivity contribution is -0.134. The first-order valence-electron chi connectivity index (χ1n) is 11.7. The highest BCUT2D eigenvalue weighted by Crippen LogP contribution is 2.42. The van der Waals surface area contributed by atoms with Crippen LogP contribution in [0.1, 0.15) is 28.8 Å². The van der Waals surface area contributed by atoms with Crippen LogP contribution in [0.2, 0.25) is 0 Å². The molecule has 1 aromatic heterocycles. The Labute approximate surface area is 197 Å². The van der Waals surface area contributed by atoms with Crippen LogP contribution in [0.5, 0.6) is 0 Å². The fourth-order valence-electron chi connectivity index (χ4n) is 5.34. The number of aromatic nitrogens is 1. The molecular weight excluding hydrogens is 430 g/mol. The van der Waals surface area contributed by atoms with Crippen molar-refractivity contribution in [2.75, 3.05) is 36.0 Å². The second kappa shape index (κ2) is 8.22. The molecule has 6 rings (SSSR count). The molecule has 1 N–H and O–H groups in total. The third kappa shape index (κ3) is 3.42. The number of piperazine rings is 1. The van der Waals surface area contributed by atoms with Crippen molar-refractivity contribution in [1.82, 2.24) is 15.2 Å². The molecule has 3 aliphatic rings. The number of carbonyl (C=O) groups is 3. The fraction of sp³-hybridized carbons (Fsp3) is 0.308. The summed E-state index contributed by atoms with van der Waals surface area (Å²) in [4.78, 5) is 48.5. The Morgan fingerprint density at radius 3 is 2.47 bits per heavy atom. The van der Waals surface area contributed by atoms with Gasteiger partial charge in [0.15, 0.2) is 0 Å². The SMILES string of the molecule is O=C1CCC(N2C(=O)c3ccc(N4CCN(Cc5ccccc5)CC4)c4nccc2c34)C(=O)N1. The van der Waals surface area contributed by atoms with Gasteiger partial charge in [-0.2, -0.15) is 0 Å². The predicted octanol–water partition coefficient (Wildman–Crippen LogP) is 2.32. The van der Waals surface area contributed by atoms with Gasteiger partial charge in [-0.15, -0.1) is 0 Å². The first kappa shape index (κ1) is 20.8. The lowest BCUT2D eigenvalue weighted by Gasteiger charge is -2.36. The number of hydrogen-bond acceptors (Lipinski definition) is 6. The van der Waals surface area contributed by atoms with E-state index in [1.54, 1.807) is 17.2 Å². The molecule has 0 radical (unpaired) electrons. The van der Waals surface area contributed by atoms with Crippen LogP contribution in [0.4, 0.5) is 11.4 Å². The molecule has 3 amide bonds. The smallest absolute Gasteiger partial charge is 0.259 e. The molecule has 2 saturated heterocycles. The minimum atomic E-state index is -0.687. The molecule has 1 atom stereocenters. The van der Waals surface area contributed by atoms with Crippen LogP contribution >= 0.6 is 0 Å². The van der Waals surface area contributed by atoms with Crippen molar-refractivity contribution < 1.29 is 14.4 Å². The van der Waals surface area contributed by atoms with Crippen molar-refractivity contribution in [1.29, 1.82) is 0 Å². The van der Waals surface area contributed by atoms with Crippen LogP contribution < -0.4 is 15.1 Å². The summed E-state index contributed by atoms with van der Waals surface area (Å²) in [6, 6.07) is 15.4. The molecule has 172 valence electrons. The molecule has 4 heterocycles. The third-order valence-electron chi connectivity index (χ3n) is 7.04. The zero-order valence-electron chi connectivity index (χ0n) is 18.7. The van der Waals surface area contributed by atoms with Crippen molar-refractivity contribution in [3.8, 4) is 0 Å². The van der Waals surface area contributed by atoms with Gasteiger partial charge in [-0.3, -0.25) is 34.5 Å². The van der Waals surface area contributed by atoms with Gasteiger partial charge in [0.2, 0.25) is 11.8 Å². The highest BCUT2D eigenvalue weighted by Gasteiger charge is 2.41. The standard InChI is InChI=1S/C26H25N5O3/c32-22-9-8-21(25(33)28-22)31-19-10-11-27-24-20(7-6-18(23(19)24)26(31)34)30-14-12-29(13-15-30)16-17-4-2-1-3-5-17/h1-7,10-11,21H,8-9,12-16H2,(H,28,32,33). The average Bonchev–Trinajstić information content (AvgIpc) is 3.14. The maximum atomic E-state index is 13.3. The van der Waals surface area contributed by atoms with Crippen molar-refractivity contribution in [2.45, 2.75) is 25.4 Å². The number of benzene rings is 2. The summed E-state index contributed by atoms with van der Waals surface area (Å²) in [5.74, 6) is -0.919. The molecule has 1 unspecified atom stereocenters. The van der Waals surface area contributed by atoms with Crippen LogP contribution in [0.15, 0.2) is 54.7 Å². The van der Waals surface area contributed by atoms with E-state index in [1.165, 1.54) is 5.56 Å². The number of nitrogens with one attached hydrogen (secondary N) is 1. The lowest BCUT2D eigenvalue weighted by atomic mass is 10.0. The Morgan fingerprint density at radius 2 is 1.71 bits per heavy atom. The summed E-state index contributed by atoms with van der Waals surface area (Å²) < 4.78 is 0. The van der Waals surface area contributed by atoms with Crippen molar-refractivity contribution in [2.24, 2.45) is 0 Å². The molecule has 0 saturated carbocycles. The van der Waals surface area contributed by atoms with E-state index in [2.05, 4.69) is 44.4 Å². The summed E-state index contributed by atoms with van der Waals surface area (Å²) in [5.41, 5.74) is 4.38. The van der Waals surface area contributed by atoms with E-state index in [4.69, 9.17) is 0 Å². The Hall–Kier alpha value is -3.78. The van der Waals surface area contributed by atoms with Gasteiger partial charge >= 0.3 is 0 Å². The topological polar surface area (TPSA) is 85.9 Å². The quantitative estimate of drug-likeness (QED) is 0.608. The Morgan fingerprint density at radius 1 is 0.912 bits per heavy atom. The van der Waals surface area contributed by atoms with Crippen molar-refractivity contribution >= 4 is 40.0 Å². The van der Waals surface area contributed by atoms with Crippen LogP contribution in [0.3, 0.4) is 0 Å². The third-order valence-corrected chi connectivity index (χ3v) is 7.04. The summed E-state index contributed by atoms with van der Waals surface area (Å²) in [6.45, 7) is 4.57. The molecule has 8 heteroatoms. The molecule has 8 nitrogen and oxygen atoms in total. The molecule has 2 aromatic carbocycles. The summed E-state index contributed by atoms with van der Waals surface area (Å²) in [5, 5.41) is 3.16. The van der Waals surface area contributed by atoms with E-state index in [0.29, 0.717) is 17.7 Å². The number of amides is 3. The summed E-state index contributed by atoms with van der Waals surface area (Å²) >= 11 is 0. The van der Waals surface area contributed by atoms with Gasteiger partial charge in [-0.1, -0.05) is 30.3 Å². The summed E-state index contributed by atoms with van der Waals surface area (Å²) in [7, 11) is 0. The maximum absolute atomic E-state index is 13.3. The van der Waals surface area contributed by atoms with Crippen molar-refractivity contribution in [3.05, 3.63) is 65.9 Å². The van der Waals surface area contributed by atoms with E-state index >= 15 is 0 Å². The highest BCUT2D eigenvalue weighted by atomic mass is 16.2. The van der Waals surface area contributed by atoms with E-state index in [9.17, 15) is 14.4 Å². The number of piperidine rings is 1. The van der Waals surface area contributed by atoms with Gasteiger partial charge in [0.1, 0.15) is 6.04 Å². The molecular formula is C26H25N5O3. The maximum Gasteiger partial charge on any atom is 0.259 e. The van der Waals surface area contributed by atoms with Crippen LogP contribution in [-0.2, 0) is 16.1 Å². The number of anilines is 2. The second-order valence-electron chi connectivity index (χ2n) is 9.08. The number of carbonyl (C=O) groups excluding carboxylic acids is 3. The first-order valence-corrected chi connectivity index (χ1v) is 11.7. The number of pyridine rings is 1. The van der Waals surface area contributed by atoms with Gasteiger partial charge in [0, 0.05) is 50.7 Å². The Kier molecular flexibility index (Phi) is 5.03. The van der Waals surface area contributed by atoms with Gasteiger partial charge < -0.3 is 4.90 Å². The minimum Gasteiger partial charge on any atom is -0.367 e. The minimum absolute atomic E-state index is 0.207. The normalized spacial score (nSPS) is 20.8. The van der Waals surface area contributed by atoms with Gasteiger partial charge in [0.05, 0.1) is 22.5 Å². The second-order valence-corrected chi connectivity index (χ2v) is 9.08. The number of nitrogens with zero attached hydrogens (tertiary/aromatic N) is 4. The number of rotatable bonds is 4. The Bertz CT molecular complexity index is 1300. The molecule has 0 spiro atoms. The van der Waals surface area contributed by atoms with Crippen LogP contribution in [0, 0.1) is 0 Å². The Balaban J connectivity index is 1.27. The van der Waals surface area contributed by atoms with Crippen molar-refractivity contribution in [3.63, 3.8) is 0 Å². The van der Waals surface area contributed by atoms with Gasteiger partial charge in [0.25, 0.3) is 5.91 Å². The predicted molar refractivity (Wildman–Crippen MR) is 129 cm³/mol. The van der Waals surface area contributed by atoms with E-state index < -0.39 is 11.9 Å². The van der Waals surface area contributed by atoms with E-state index in [1.807, 2.05) is 18.2 Å². The lowest BCUT2D eigenvalue weighted by Crippen LogP contribution is -2.53. The monoisotopic (exact) mass is 455 g/mol. The van der Waals surface area contributed by atoms with E-state index in [-0.39, 0.29) is 18.2 Å². The molecule has 3 aromatic rings.